The molecule has 3 nitrogen and oxygen atoms in total. The van der Waals surface area contributed by atoms with Crippen molar-refractivity contribution < 1.29 is 15.7 Å². The molecule has 0 heterocycles. The lowest BCUT2D eigenvalue weighted by molar-refractivity contribution is 0.0858. The van der Waals surface area contributed by atoms with Crippen LogP contribution in [0.3, 0.4) is 0 Å². The molecule has 0 amide bonds. The average Bonchev–Trinajstić information content (AvgIpc) is 2.60. The largest absolute Gasteiger partial charge is 0.394 e. The SMILES string of the molecule is Cl.[2H]C([2H])(O)C(CCc1ccc(CCCCCCCC)cc1)(NCC)C([2H])([2H])O. The van der Waals surface area contributed by atoms with E-state index in [0.717, 1.165) is 12.0 Å². The molecule has 0 radical (unpaired) electrons. The predicted molar refractivity (Wildman–Crippen MR) is 110 cm³/mol. The Bertz CT molecular complexity index is 545. The standard InChI is InChI=1S/C21H37NO2.ClH/c1-3-5-6-7-8-9-10-19-11-13-20(14-12-19)15-16-21(17-23,18-24)22-4-2;/h11-14,22-24H,3-10,15-18H2,1-2H3;1H/i17D2,18D2;. The molecule has 0 saturated heterocycles. The van der Waals surface area contributed by atoms with Gasteiger partial charge >= 0.3 is 0 Å². The third kappa shape index (κ3) is 9.60. The Morgan fingerprint density at radius 1 is 0.880 bits per heavy atom. The van der Waals surface area contributed by atoms with Gasteiger partial charge in [-0.15, -0.1) is 12.4 Å². The van der Waals surface area contributed by atoms with Gasteiger partial charge in [0.25, 0.3) is 0 Å². The first-order valence-corrected chi connectivity index (χ1v) is 9.35. The van der Waals surface area contributed by atoms with Crippen molar-refractivity contribution >= 4 is 12.4 Å². The highest BCUT2D eigenvalue weighted by atomic mass is 35.5. The predicted octanol–water partition coefficient (Wildman–Crippen LogP) is 4.28. The second-order valence-corrected chi connectivity index (χ2v) is 6.49. The molecule has 0 unspecified atom stereocenters. The molecule has 25 heavy (non-hydrogen) atoms. The minimum absolute atomic E-state index is 0. The molecule has 3 N–H and O–H groups in total. The van der Waals surface area contributed by atoms with Crippen molar-refractivity contribution in [2.75, 3.05) is 19.7 Å². The highest BCUT2D eigenvalue weighted by molar-refractivity contribution is 5.85. The Morgan fingerprint density at radius 3 is 1.92 bits per heavy atom. The van der Waals surface area contributed by atoms with E-state index in [1.807, 2.05) is 12.1 Å². The van der Waals surface area contributed by atoms with E-state index in [-0.39, 0.29) is 25.4 Å². The van der Waals surface area contributed by atoms with E-state index in [0.29, 0.717) is 6.42 Å². The number of hydrogen-bond donors (Lipinski definition) is 3. The van der Waals surface area contributed by atoms with Gasteiger partial charge in [-0.05, 0) is 43.4 Å². The first-order valence-electron chi connectivity index (χ1n) is 11.3. The van der Waals surface area contributed by atoms with Gasteiger partial charge in [-0.2, -0.15) is 0 Å². The number of benzene rings is 1. The molecular weight excluding hydrogens is 334 g/mol. The lowest BCUT2D eigenvalue weighted by atomic mass is 9.92. The van der Waals surface area contributed by atoms with Crippen LogP contribution in [0.15, 0.2) is 24.3 Å². The number of aliphatic hydroxyl groups is 2. The molecule has 0 aliphatic carbocycles. The highest BCUT2D eigenvalue weighted by Crippen LogP contribution is 2.16. The lowest BCUT2D eigenvalue weighted by Crippen LogP contribution is -2.52. The number of unbranched alkanes of at least 4 members (excludes halogenated alkanes) is 5. The van der Waals surface area contributed by atoms with Gasteiger partial charge in [-0.1, -0.05) is 70.2 Å². The normalized spacial score (nSPS) is 14.9. The zero-order valence-electron chi connectivity index (χ0n) is 19.7. The summed E-state index contributed by atoms with van der Waals surface area (Å²) in [5, 5.41) is 22.6. The Morgan fingerprint density at radius 2 is 1.40 bits per heavy atom. The van der Waals surface area contributed by atoms with Crippen LogP contribution in [0.2, 0.25) is 0 Å². The van der Waals surface area contributed by atoms with Crippen LogP contribution in [0.25, 0.3) is 0 Å². The van der Waals surface area contributed by atoms with E-state index < -0.39 is 18.7 Å². The van der Waals surface area contributed by atoms with Gasteiger partial charge in [0, 0.05) is 0 Å². The second-order valence-electron chi connectivity index (χ2n) is 6.49. The fourth-order valence-electron chi connectivity index (χ4n) is 2.92. The minimum atomic E-state index is -2.92. The number of halogens is 1. The summed E-state index contributed by atoms with van der Waals surface area (Å²) in [5.41, 5.74) is 0.0703. The maximum Gasteiger partial charge on any atom is 0.0651 e. The van der Waals surface area contributed by atoms with Crippen LogP contribution >= 0.6 is 12.4 Å². The summed E-state index contributed by atoms with van der Waals surface area (Å²) in [4.78, 5) is 0. The quantitative estimate of drug-likeness (QED) is 0.425. The summed E-state index contributed by atoms with van der Waals surface area (Å²) in [5.74, 6) is 0. The third-order valence-electron chi connectivity index (χ3n) is 4.49. The fraction of sp³-hybridized carbons (Fsp3) is 0.714. The summed E-state index contributed by atoms with van der Waals surface area (Å²) in [6.07, 6.45) is 8.85. The van der Waals surface area contributed by atoms with E-state index in [1.165, 1.54) is 44.1 Å². The Kier molecular flexibility index (Phi) is 10.4. The molecular formula is C21H38ClNO2. The number of rotatable bonds is 14. The van der Waals surface area contributed by atoms with E-state index >= 15 is 0 Å². The van der Waals surface area contributed by atoms with Crippen molar-refractivity contribution in [3.8, 4) is 0 Å². The summed E-state index contributed by atoms with van der Waals surface area (Å²) in [7, 11) is 0. The Balaban J connectivity index is 0.00000784. The van der Waals surface area contributed by atoms with Gasteiger partial charge < -0.3 is 15.5 Å². The molecule has 1 rings (SSSR count). The van der Waals surface area contributed by atoms with Gasteiger partial charge in [0.2, 0.25) is 0 Å². The van der Waals surface area contributed by atoms with Gasteiger partial charge in [0.1, 0.15) is 0 Å². The Labute approximate surface area is 166 Å². The summed E-state index contributed by atoms with van der Waals surface area (Å²) < 4.78 is 30.8. The number of likely N-dealkylation sites (N-methyl/N-ethyl adjacent to an activating group) is 1. The number of nitrogens with one attached hydrogen (secondary N) is 1. The van der Waals surface area contributed by atoms with Gasteiger partial charge in [0.15, 0.2) is 0 Å². The van der Waals surface area contributed by atoms with E-state index in [2.05, 4.69) is 24.4 Å². The highest BCUT2D eigenvalue weighted by Gasteiger charge is 2.26. The zero-order valence-corrected chi connectivity index (χ0v) is 16.5. The minimum Gasteiger partial charge on any atom is -0.394 e. The fourth-order valence-corrected chi connectivity index (χ4v) is 2.92. The zero-order chi connectivity index (χ0) is 21.3. The van der Waals surface area contributed by atoms with Crippen LogP contribution in [0.1, 0.15) is 75.4 Å². The lowest BCUT2D eigenvalue weighted by Gasteiger charge is -2.30. The number of aryl methyl sites for hydroxylation is 2. The van der Waals surface area contributed by atoms with Crippen LogP contribution in [-0.2, 0) is 12.8 Å². The van der Waals surface area contributed by atoms with Crippen molar-refractivity contribution in [2.45, 2.75) is 77.2 Å². The van der Waals surface area contributed by atoms with Gasteiger partial charge in [-0.3, -0.25) is 0 Å². The molecule has 0 saturated carbocycles. The van der Waals surface area contributed by atoms with Crippen LogP contribution in [0, 0.1) is 0 Å². The maximum atomic E-state index is 9.96. The van der Waals surface area contributed by atoms with E-state index in [1.54, 1.807) is 6.92 Å². The number of hydrogen-bond acceptors (Lipinski definition) is 3. The van der Waals surface area contributed by atoms with Crippen molar-refractivity contribution in [1.29, 1.82) is 0 Å². The van der Waals surface area contributed by atoms with Crippen molar-refractivity contribution in [3.05, 3.63) is 35.4 Å². The molecule has 0 fully saturated rings. The Hall–Kier alpha value is -0.610. The van der Waals surface area contributed by atoms with Crippen molar-refractivity contribution in [2.24, 2.45) is 0 Å². The van der Waals surface area contributed by atoms with Crippen molar-refractivity contribution in [1.82, 2.24) is 5.32 Å². The first-order chi connectivity index (χ1) is 13.1. The molecule has 0 aliphatic heterocycles. The third-order valence-corrected chi connectivity index (χ3v) is 4.49. The first kappa shape index (κ1) is 17.8. The summed E-state index contributed by atoms with van der Waals surface area (Å²) in [6, 6.07) is 8.03. The maximum absolute atomic E-state index is 9.96. The van der Waals surface area contributed by atoms with Gasteiger partial charge in [0.05, 0.1) is 24.1 Å². The van der Waals surface area contributed by atoms with Crippen molar-refractivity contribution in [3.63, 3.8) is 0 Å². The van der Waals surface area contributed by atoms with Crippen LogP contribution < -0.4 is 5.32 Å². The van der Waals surface area contributed by atoms with Crippen LogP contribution in [0.4, 0.5) is 0 Å². The van der Waals surface area contributed by atoms with E-state index in [9.17, 15) is 10.2 Å². The molecule has 0 aliphatic rings. The van der Waals surface area contributed by atoms with Crippen LogP contribution in [-0.4, -0.2) is 35.4 Å². The molecule has 146 valence electrons. The average molecular weight is 376 g/mol. The summed E-state index contributed by atoms with van der Waals surface area (Å²) >= 11 is 0. The van der Waals surface area contributed by atoms with Gasteiger partial charge in [-0.25, -0.2) is 0 Å². The molecule has 0 aromatic heterocycles. The molecule has 4 heteroatoms. The second kappa shape index (κ2) is 14.5. The van der Waals surface area contributed by atoms with E-state index in [4.69, 9.17) is 5.48 Å². The monoisotopic (exact) mass is 375 g/mol. The van der Waals surface area contributed by atoms with Crippen LogP contribution in [0.5, 0.6) is 0 Å². The molecule has 0 spiro atoms. The molecule has 1 aromatic carbocycles. The molecule has 1 aromatic rings. The smallest absolute Gasteiger partial charge is 0.0651 e. The topological polar surface area (TPSA) is 52.5 Å². The molecule has 0 bridgehead atoms. The summed E-state index contributed by atoms with van der Waals surface area (Å²) in [6.45, 7) is -1.72. The molecule has 0 atom stereocenters.